The molecule has 1 unspecified atom stereocenters. The molecule has 1 aromatic heterocycles. The number of likely N-dealkylation sites (N-methyl/N-ethyl adjacent to an activating group) is 1. The zero-order valence-corrected chi connectivity index (χ0v) is 22.1. The minimum absolute atomic E-state index is 0.0647. The fourth-order valence-electron chi connectivity index (χ4n) is 5.22. The summed E-state index contributed by atoms with van der Waals surface area (Å²) < 4.78 is 28.7. The lowest BCUT2D eigenvalue weighted by atomic mass is 9.90. The molecule has 1 saturated heterocycles. The number of fused-ring (bicyclic) bond motifs is 1. The smallest absolute Gasteiger partial charge is 0.248 e. The molecule has 2 heterocycles. The standard InChI is InChI=1S/C30H31N3O4S/c1-32(38(36,37)26-13-14-27-25(21-26)12-15-28(34)31-27)29(24-10-6-3-7-11-24)30(35)33-18-16-23(17-19-33)20-22-8-4-2-5-9-22/h2-15,21,23,29H,16-20H2,1H3,(H,31,34). The van der Waals surface area contributed by atoms with E-state index in [0.717, 1.165) is 19.3 Å². The summed E-state index contributed by atoms with van der Waals surface area (Å²) >= 11 is 0. The van der Waals surface area contributed by atoms with E-state index in [1.807, 2.05) is 36.4 Å². The highest BCUT2D eigenvalue weighted by atomic mass is 32.2. The first kappa shape index (κ1) is 25.9. The van der Waals surface area contributed by atoms with Gasteiger partial charge < -0.3 is 9.88 Å². The summed E-state index contributed by atoms with van der Waals surface area (Å²) in [6, 6.07) is 26.0. The van der Waals surface area contributed by atoms with E-state index in [2.05, 4.69) is 17.1 Å². The fourth-order valence-corrected chi connectivity index (χ4v) is 6.56. The average Bonchev–Trinajstić information content (AvgIpc) is 2.94. The molecule has 0 aliphatic carbocycles. The largest absolute Gasteiger partial charge is 0.341 e. The second-order valence-corrected chi connectivity index (χ2v) is 11.9. The van der Waals surface area contributed by atoms with E-state index in [4.69, 9.17) is 0 Å². The van der Waals surface area contributed by atoms with Gasteiger partial charge in [-0.25, -0.2) is 8.42 Å². The number of carbonyl (C=O) groups excluding carboxylic acids is 1. The highest BCUT2D eigenvalue weighted by Crippen LogP contribution is 2.31. The molecule has 4 aromatic rings. The molecule has 1 fully saturated rings. The topological polar surface area (TPSA) is 90.6 Å². The van der Waals surface area contributed by atoms with Gasteiger partial charge in [0.05, 0.1) is 4.90 Å². The number of aromatic amines is 1. The SMILES string of the molecule is CN(C(C(=O)N1CCC(Cc2ccccc2)CC1)c1ccccc1)S(=O)(=O)c1ccc2[nH]c(=O)ccc2c1. The number of rotatable bonds is 7. The van der Waals surface area contributed by atoms with E-state index in [9.17, 15) is 18.0 Å². The average molecular weight is 530 g/mol. The molecule has 1 amide bonds. The number of pyridine rings is 1. The third-order valence-electron chi connectivity index (χ3n) is 7.38. The van der Waals surface area contributed by atoms with Crippen LogP contribution in [0.1, 0.15) is 30.0 Å². The Morgan fingerprint density at radius 3 is 2.29 bits per heavy atom. The minimum atomic E-state index is -4.03. The predicted octanol–water partition coefficient (Wildman–Crippen LogP) is 4.37. The Hall–Kier alpha value is -3.75. The van der Waals surface area contributed by atoms with Crippen LogP contribution in [0.2, 0.25) is 0 Å². The van der Waals surface area contributed by atoms with Crippen LogP contribution in [-0.2, 0) is 21.2 Å². The lowest BCUT2D eigenvalue weighted by Crippen LogP contribution is -2.46. The summed E-state index contributed by atoms with van der Waals surface area (Å²) in [7, 11) is -2.57. The van der Waals surface area contributed by atoms with E-state index in [0.29, 0.717) is 35.5 Å². The van der Waals surface area contributed by atoms with Gasteiger partial charge in [-0.2, -0.15) is 4.31 Å². The van der Waals surface area contributed by atoms with Crippen molar-refractivity contribution < 1.29 is 13.2 Å². The Morgan fingerprint density at radius 1 is 0.947 bits per heavy atom. The Labute approximate surface area is 222 Å². The fraction of sp³-hybridized carbons (Fsp3) is 0.267. The monoisotopic (exact) mass is 529 g/mol. The highest BCUT2D eigenvalue weighted by Gasteiger charge is 2.37. The van der Waals surface area contributed by atoms with Gasteiger partial charge in [-0.05, 0) is 66.0 Å². The van der Waals surface area contributed by atoms with Crippen molar-refractivity contribution in [3.63, 3.8) is 0 Å². The zero-order valence-electron chi connectivity index (χ0n) is 21.3. The summed E-state index contributed by atoms with van der Waals surface area (Å²) in [5, 5.41) is 0.599. The number of sulfonamides is 1. The van der Waals surface area contributed by atoms with Gasteiger partial charge in [-0.1, -0.05) is 60.7 Å². The number of hydrogen-bond donors (Lipinski definition) is 1. The van der Waals surface area contributed by atoms with Gasteiger partial charge in [-0.15, -0.1) is 0 Å². The Kier molecular flexibility index (Phi) is 7.44. The van der Waals surface area contributed by atoms with Crippen molar-refractivity contribution >= 4 is 26.8 Å². The first-order valence-corrected chi connectivity index (χ1v) is 14.3. The number of nitrogens with one attached hydrogen (secondary N) is 1. The van der Waals surface area contributed by atoms with Gasteiger partial charge in [0.15, 0.2) is 0 Å². The van der Waals surface area contributed by atoms with Crippen LogP contribution in [0.4, 0.5) is 0 Å². The van der Waals surface area contributed by atoms with Gasteiger partial charge in [0.2, 0.25) is 21.5 Å². The van der Waals surface area contributed by atoms with Crippen molar-refractivity contribution in [3.8, 4) is 0 Å². The van der Waals surface area contributed by atoms with Gasteiger partial charge in [0, 0.05) is 31.7 Å². The number of amides is 1. The summed E-state index contributed by atoms with van der Waals surface area (Å²) in [5.41, 5.74) is 2.21. The number of aromatic nitrogens is 1. The normalized spacial score (nSPS) is 15.6. The number of benzene rings is 3. The molecule has 1 N–H and O–H groups in total. The van der Waals surface area contributed by atoms with Gasteiger partial charge in [0.25, 0.3) is 0 Å². The maximum atomic E-state index is 13.9. The highest BCUT2D eigenvalue weighted by molar-refractivity contribution is 7.89. The molecule has 1 aliphatic rings. The maximum absolute atomic E-state index is 13.9. The first-order valence-electron chi connectivity index (χ1n) is 12.8. The molecule has 196 valence electrons. The number of hydrogen-bond acceptors (Lipinski definition) is 4. The van der Waals surface area contributed by atoms with Crippen molar-refractivity contribution in [1.82, 2.24) is 14.2 Å². The van der Waals surface area contributed by atoms with Crippen molar-refractivity contribution in [2.24, 2.45) is 5.92 Å². The molecule has 5 rings (SSSR count). The second kappa shape index (κ2) is 10.9. The maximum Gasteiger partial charge on any atom is 0.248 e. The molecular formula is C30H31N3O4S. The Morgan fingerprint density at radius 2 is 1.61 bits per heavy atom. The molecular weight excluding hydrogens is 498 g/mol. The molecule has 0 saturated carbocycles. The van der Waals surface area contributed by atoms with Crippen molar-refractivity contribution in [2.75, 3.05) is 20.1 Å². The van der Waals surface area contributed by atoms with E-state index in [1.54, 1.807) is 29.2 Å². The summed E-state index contributed by atoms with van der Waals surface area (Å²) in [5.74, 6) is 0.271. The van der Waals surface area contributed by atoms with E-state index >= 15 is 0 Å². The molecule has 0 spiro atoms. The summed E-state index contributed by atoms with van der Waals surface area (Å²) in [4.78, 5) is 30.1. The summed E-state index contributed by atoms with van der Waals surface area (Å²) in [6.45, 7) is 1.19. The zero-order chi connectivity index (χ0) is 26.7. The summed E-state index contributed by atoms with van der Waals surface area (Å²) in [6.07, 6.45) is 2.73. The van der Waals surface area contributed by atoms with E-state index in [1.165, 1.54) is 35.1 Å². The number of H-pyrrole nitrogens is 1. The molecule has 0 bridgehead atoms. The molecule has 1 aliphatic heterocycles. The minimum Gasteiger partial charge on any atom is -0.341 e. The number of nitrogens with zero attached hydrogens (tertiary/aromatic N) is 2. The van der Waals surface area contributed by atoms with Crippen molar-refractivity contribution in [2.45, 2.75) is 30.2 Å². The molecule has 8 heteroatoms. The Bertz CT molecular complexity index is 1580. The third-order valence-corrected chi connectivity index (χ3v) is 9.20. The Balaban J connectivity index is 1.39. The number of likely N-dealkylation sites (tertiary alicyclic amines) is 1. The second-order valence-electron chi connectivity index (χ2n) is 9.86. The first-order chi connectivity index (χ1) is 18.3. The van der Waals surface area contributed by atoms with Crippen molar-refractivity contribution in [1.29, 1.82) is 0 Å². The lowest BCUT2D eigenvalue weighted by Gasteiger charge is -2.36. The number of carbonyl (C=O) groups is 1. The molecule has 1 atom stereocenters. The van der Waals surface area contributed by atoms with Crippen LogP contribution in [0.3, 0.4) is 0 Å². The van der Waals surface area contributed by atoms with Crippen LogP contribution < -0.4 is 5.56 Å². The van der Waals surface area contributed by atoms with Crippen LogP contribution >= 0.6 is 0 Å². The molecule has 3 aromatic carbocycles. The van der Waals surface area contributed by atoms with Crippen LogP contribution in [-0.4, -0.2) is 48.7 Å². The van der Waals surface area contributed by atoms with Gasteiger partial charge in [-0.3, -0.25) is 9.59 Å². The van der Waals surface area contributed by atoms with Gasteiger partial charge >= 0.3 is 0 Å². The van der Waals surface area contributed by atoms with Gasteiger partial charge in [0.1, 0.15) is 6.04 Å². The molecule has 38 heavy (non-hydrogen) atoms. The van der Waals surface area contributed by atoms with Crippen LogP contribution in [0, 0.1) is 5.92 Å². The third kappa shape index (κ3) is 5.42. The van der Waals surface area contributed by atoms with Crippen molar-refractivity contribution in [3.05, 3.63) is 112 Å². The van der Waals surface area contributed by atoms with Crippen LogP contribution in [0.15, 0.2) is 101 Å². The van der Waals surface area contributed by atoms with Crippen LogP contribution in [0.5, 0.6) is 0 Å². The number of piperidine rings is 1. The lowest BCUT2D eigenvalue weighted by molar-refractivity contribution is -0.136. The van der Waals surface area contributed by atoms with Crippen LogP contribution in [0.25, 0.3) is 10.9 Å². The molecule has 0 radical (unpaired) electrons. The quantitative estimate of drug-likeness (QED) is 0.385. The molecule has 7 nitrogen and oxygen atoms in total. The predicted molar refractivity (Wildman–Crippen MR) is 148 cm³/mol. The van der Waals surface area contributed by atoms with E-state index < -0.39 is 16.1 Å². The van der Waals surface area contributed by atoms with E-state index in [-0.39, 0.29) is 16.4 Å².